The number of aliphatic carboxylic acids is 1. The van der Waals surface area contributed by atoms with Crippen molar-refractivity contribution >= 4 is 40.9 Å². The van der Waals surface area contributed by atoms with Crippen molar-refractivity contribution < 1.29 is 38.6 Å². The topological polar surface area (TPSA) is 176 Å². The van der Waals surface area contributed by atoms with E-state index in [1.165, 1.54) is 11.3 Å². The lowest BCUT2D eigenvalue weighted by atomic mass is 9.80. The van der Waals surface area contributed by atoms with E-state index in [4.69, 9.17) is 14.5 Å². The van der Waals surface area contributed by atoms with Crippen molar-refractivity contribution in [1.29, 1.82) is 0 Å². The van der Waals surface area contributed by atoms with E-state index in [2.05, 4.69) is 34.7 Å². The fraction of sp³-hybridized carbons (Fsp3) is 0.674. The first-order valence-corrected chi connectivity index (χ1v) is 21.9. The number of ether oxygens (including phenoxy) is 2. The van der Waals surface area contributed by atoms with Gasteiger partial charge in [0.1, 0.15) is 28.6 Å². The van der Waals surface area contributed by atoms with Gasteiger partial charge in [0.15, 0.2) is 5.78 Å². The maximum absolute atomic E-state index is 14.0. The van der Waals surface area contributed by atoms with Gasteiger partial charge in [-0.3, -0.25) is 24.1 Å². The third-order valence-electron chi connectivity index (χ3n) is 12.1. The van der Waals surface area contributed by atoms with Crippen LogP contribution in [0.5, 0.6) is 5.75 Å². The molecule has 0 bridgehead atoms. The second-order valence-electron chi connectivity index (χ2n) is 16.6. The summed E-state index contributed by atoms with van der Waals surface area (Å²) in [7, 11) is 1.97. The molecular formula is C43H63N5O8S. The molecule has 2 aliphatic heterocycles. The zero-order valence-corrected chi connectivity index (χ0v) is 35.3. The Morgan fingerprint density at radius 2 is 1.88 bits per heavy atom. The second kappa shape index (κ2) is 20.8. The van der Waals surface area contributed by atoms with E-state index in [-0.39, 0.29) is 66.0 Å². The van der Waals surface area contributed by atoms with Crippen molar-refractivity contribution in [2.45, 2.75) is 141 Å². The number of fused-ring (bicyclic) bond motifs is 1. The lowest BCUT2D eigenvalue weighted by Gasteiger charge is -2.34. The normalized spacial score (nSPS) is 23.2. The number of thiazole rings is 1. The SMILES string of the molecule is CCCO[C@H](CC(CC(=O)[C@@H](NC(=O)[C@H]1CCCCN1C)[C@@H](C)CC)C(C)C)c1nc(C(=O)N[C@H]2Cc3ccc(OC(=O)[C@H]4CCCN4)cc3[C@H](C(=O)O)C2)cs1. The van der Waals surface area contributed by atoms with Crippen LogP contribution in [0.2, 0.25) is 0 Å². The second-order valence-corrected chi connectivity index (χ2v) is 17.5. The molecule has 2 aromatic rings. The number of hydrogen-bond acceptors (Lipinski definition) is 11. The number of carboxylic acid groups (broad SMARTS) is 1. The number of nitrogens with zero attached hydrogens (tertiary/aromatic N) is 2. The van der Waals surface area contributed by atoms with E-state index in [9.17, 15) is 29.1 Å². The number of aromatic nitrogens is 1. The molecule has 2 saturated heterocycles. The van der Waals surface area contributed by atoms with Crippen LogP contribution in [0.15, 0.2) is 23.6 Å². The molecule has 0 spiro atoms. The predicted octanol–water partition coefficient (Wildman–Crippen LogP) is 5.82. The molecule has 1 aromatic carbocycles. The van der Waals surface area contributed by atoms with Crippen LogP contribution in [0.1, 0.15) is 137 Å². The standard InChI is InChI=1S/C43H63N5O8S/c1-7-18-55-37(21-28(25(3)4)20-36(49)38(26(5)8-2)47-40(51)35-13-9-10-17-48(35)6)41-46-34(24-57-41)39(50)45-29-19-27-14-15-30(23-31(27)32(22-29)42(52)53)56-43(54)33-12-11-16-44-33/h14-15,23-26,28-29,32-33,35,37-38,44H,7-13,16-22H2,1-6H3,(H,45,50)(H,47,51)(H,52,53)/t26-,28?,29-,32+,33+,35+,37+,38-/m0/s1. The van der Waals surface area contributed by atoms with Crippen molar-refractivity contribution in [3.63, 3.8) is 0 Å². The molecule has 1 aliphatic carbocycles. The smallest absolute Gasteiger partial charge is 0.328 e. The van der Waals surface area contributed by atoms with Crippen LogP contribution in [0, 0.1) is 17.8 Å². The van der Waals surface area contributed by atoms with E-state index in [1.807, 2.05) is 27.8 Å². The van der Waals surface area contributed by atoms with Gasteiger partial charge in [0, 0.05) is 24.4 Å². The van der Waals surface area contributed by atoms with Crippen molar-refractivity contribution in [2.24, 2.45) is 17.8 Å². The summed E-state index contributed by atoms with van der Waals surface area (Å²) in [5.74, 6) is -2.35. The van der Waals surface area contributed by atoms with E-state index in [1.54, 1.807) is 23.6 Å². The highest BCUT2D eigenvalue weighted by atomic mass is 32.1. The quantitative estimate of drug-likeness (QED) is 0.0995. The Bertz CT molecular complexity index is 1710. The van der Waals surface area contributed by atoms with Gasteiger partial charge in [-0.1, -0.05) is 53.5 Å². The molecule has 8 atom stereocenters. The molecule has 14 heteroatoms. The molecule has 4 N–H and O–H groups in total. The van der Waals surface area contributed by atoms with E-state index >= 15 is 0 Å². The number of amides is 2. The first kappa shape index (κ1) is 44.4. The number of carboxylic acids is 1. The molecule has 3 aliphatic rings. The summed E-state index contributed by atoms with van der Waals surface area (Å²) in [5, 5.41) is 21.8. The molecule has 13 nitrogen and oxygen atoms in total. The fourth-order valence-corrected chi connectivity index (χ4v) is 9.17. The Labute approximate surface area is 341 Å². The van der Waals surface area contributed by atoms with Gasteiger partial charge in [-0.05, 0) is 113 Å². The third-order valence-corrected chi connectivity index (χ3v) is 13.0. The number of carbonyl (C=O) groups is 5. The highest BCUT2D eigenvalue weighted by Gasteiger charge is 2.36. The van der Waals surface area contributed by atoms with Crippen molar-refractivity contribution in [1.82, 2.24) is 25.8 Å². The zero-order valence-electron chi connectivity index (χ0n) is 34.5. The summed E-state index contributed by atoms with van der Waals surface area (Å²) < 4.78 is 11.9. The predicted molar refractivity (Wildman–Crippen MR) is 218 cm³/mol. The van der Waals surface area contributed by atoms with Gasteiger partial charge >= 0.3 is 11.9 Å². The van der Waals surface area contributed by atoms with Gasteiger partial charge in [0.05, 0.1) is 18.0 Å². The molecule has 0 radical (unpaired) electrons. The molecule has 3 heterocycles. The lowest BCUT2D eigenvalue weighted by Crippen LogP contribution is -2.54. The number of nitrogens with one attached hydrogen (secondary N) is 3. The minimum atomic E-state index is -1.02. The fourth-order valence-electron chi connectivity index (χ4n) is 8.31. The number of rotatable bonds is 19. The molecule has 2 fully saturated rings. The average Bonchev–Trinajstić information content (AvgIpc) is 3.92. The number of piperidine rings is 1. The van der Waals surface area contributed by atoms with Gasteiger partial charge in [-0.15, -0.1) is 11.3 Å². The summed E-state index contributed by atoms with van der Waals surface area (Å²) in [6, 6.07) is 3.47. The molecule has 5 rings (SSSR count). The van der Waals surface area contributed by atoms with Gasteiger partial charge in [0.25, 0.3) is 5.91 Å². The Hall–Kier alpha value is -3.72. The van der Waals surface area contributed by atoms with Crippen molar-refractivity contribution in [2.75, 3.05) is 26.7 Å². The molecular weight excluding hydrogens is 747 g/mol. The minimum absolute atomic E-state index is 0.0139. The number of benzene rings is 1. The van der Waals surface area contributed by atoms with Gasteiger partial charge in [0.2, 0.25) is 5.91 Å². The summed E-state index contributed by atoms with van der Waals surface area (Å²) in [4.78, 5) is 72.9. The first-order chi connectivity index (χ1) is 27.3. The average molecular weight is 810 g/mol. The summed E-state index contributed by atoms with van der Waals surface area (Å²) in [6.07, 6.45) is 6.98. The number of ketones is 1. The molecule has 2 amide bonds. The highest BCUT2D eigenvalue weighted by Crippen LogP contribution is 2.36. The van der Waals surface area contributed by atoms with Crippen LogP contribution in [0.25, 0.3) is 0 Å². The Balaban J connectivity index is 1.24. The van der Waals surface area contributed by atoms with Crippen LogP contribution in [0.3, 0.4) is 0 Å². The van der Waals surface area contributed by atoms with Crippen LogP contribution < -0.4 is 20.7 Å². The molecule has 0 saturated carbocycles. The molecule has 1 aromatic heterocycles. The summed E-state index contributed by atoms with van der Waals surface area (Å²) in [6.45, 7) is 12.4. The third kappa shape index (κ3) is 11.7. The van der Waals surface area contributed by atoms with Crippen LogP contribution in [0.4, 0.5) is 0 Å². The van der Waals surface area contributed by atoms with Crippen LogP contribution in [-0.2, 0) is 30.3 Å². The number of likely N-dealkylation sites (N-methyl/N-ethyl adjacent to an activating group) is 1. The van der Waals surface area contributed by atoms with E-state index in [0.29, 0.717) is 42.2 Å². The number of likely N-dealkylation sites (tertiary alicyclic amines) is 1. The molecule has 314 valence electrons. The Morgan fingerprint density at radius 1 is 1.09 bits per heavy atom. The summed E-state index contributed by atoms with van der Waals surface area (Å²) in [5.41, 5.74) is 1.58. The monoisotopic (exact) mass is 809 g/mol. The number of esters is 1. The highest BCUT2D eigenvalue weighted by molar-refractivity contribution is 7.09. The zero-order chi connectivity index (χ0) is 41.2. The van der Waals surface area contributed by atoms with Gasteiger partial charge in [-0.25, -0.2) is 9.78 Å². The van der Waals surface area contributed by atoms with Gasteiger partial charge < -0.3 is 30.5 Å². The van der Waals surface area contributed by atoms with E-state index in [0.717, 1.165) is 57.2 Å². The van der Waals surface area contributed by atoms with Crippen LogP contribution >= 0.6 is 11.3 Å². The maximum atomic E-state index is 14.0. The van der Waals surface area contributed by atoms with Crippen LogP contribution in [-0.4, -0.2) is 95.4 Å². The van der Waals surface area contributed by atoms with Gasteiger partial charge in [-0.2, -0.15) is 0 Å². The summed E-state index contributed by atoms with van der Waals surface area (Å²) >= 11 is 1.34. The number of hydrogen-bond donors (Lipinski definition) is 4. The Morgan fingerprint density at radius 3 is 2.54 bits per heavy atom. The Kier molecular flexibility index (Phi) is 16.2. The van der Waals surface area contributed by atoms with Crippen molar-refractivity contribution in [3.8, 4) is 5.75 Å². The number of Topliss-reactive ketones (excluding diaryl/α,β-unsaturated/α-hetero) is 1. The number of carbonyl (C=O) groups excluding carboxylic acids is 4. The van der Waals surface area contributed by atoms with Crippen molar-refractivity contribution in [3.05, 3.63) is 45.4 Å². The molecule has 1 unspecified atom stereocenters. The minimum Gasteiger partial charge on any atom is -0.481 e. The largest absolute Gasteiger partial charge is 0.481 e. The molecule has 57 heavy (non-hydrogen) atoms. The van der Waals surface area contributed by atoms with E-state index < -0.39 is 36.0 Å². The first-order valence-electron chi connectivity index (χ1n) is 21.0. The lowest BCUT2D eigenvalue weighted by molar-refractivity contribution is -0.139. The maximum Gasteiger partial charge on any atom is 0.328 e.